The highest BCUT2D eigenvalue weighted by atomic mass is 13.9. The van der Waals surface area contributed by atoms with Gasteiger partial charge < -0.3 is 0 Å². The summed E-state index contributed by atoms with van der Waals surface area (Å²) in [4.78, 5) is 0. The van der Waals surface area contributed by atoms with Crippen molar-refractivity contribution in [3.8, 4) is 0 Å². The van der Waals surface area contributed by atoms with Crippen molar-refractivity contribution in [3.05, 3.63) is 42.9 Å². The molecule has 0 saturated carbocycles. The fourth-order valence-corrected chi connectivity index (χ4v) is 1.19. The predicted octanol–water partition coefficient (Wildman–Crippen LogP) is 3.82. The van der Waals surface area contributed by atoms with Crippen molar-refractivity contribution in [1.82, 2.24) is 0 Å². The van der Waals surface area contributed by atoms with Crippen LogP contribution in [-0.4, -0.2) is 0 Å². The van der Waals surface area contributed by atoms with Gasteiger partial charge in [-0.05, 0) is 38.5 Å². The topological polar surface area (TPSA) is 0 Å². The van der Waals surface area contributed by atoms with Gasteiger partial charge in [-0.15, -0.1) is 0 Å². The second-order valence-corrected chi connectivity index (χ2v) is 3.01. The van der Waals surface area contributed by atoms with Crippen molar-refractivity contribution in [1.29, 1.82) is 0 Å². The molecule has 0 nitrogen and oxygen atoms in total. The van der Waals surface area contributed by atoms with Crippen LogP contribution in [-0.2, 0) is 0 Å². The Kier molecular flexibility index (Phi) is 5.35. The first-order valence-corrected chi connectivity index (χ1v) is 4.78. The lowest BCUT2D eigenvalue weighted by Crippen LogP contribution is -1.73. The molecule has 0 aliphatic heterocycles. The van der Waals surface area contributed by atoms with Gasteiger partial charge in [-0.2, -0.15) is 0 Å². The third kappa shape index (κ3) is 4.95. The fourth-order valence-electron chi connectivity index (χ4n) is 1.19. The van der Waals surface area contributed by atoms with Crippen molar-refractivity contribution < 1.29 is 0 Å². The van der Waals surface area contributed by atoms with E-state index in [0.29, 0.717) is 0 Å². The molecule has 0 aromatic heterocycles. The Morgan fingerprint density at radius 1 is 0.667 bits per heavy atom. The zero-order valence-corrected chi connectivity index (χ0v) is 7.58. The van der Waals surface area contributed by atoms with Crippen LogP contribution in [0.4, 0.5) is 0 Å². The van der Waals surface area contributed by atoms with Gasteiger partial charge >= 0.3 is 0 Å². The molecule has 0 heterocycles. The third-order valence-electron chi connectivity index (χ3n) is 1.89. The van der Waals surface area contributed by atoms with Crippen molar-refractivity contribution in [2.75, 3.05) is 0 Å². The van der Waals surface area contributed by atoms with Crippen molar-refractivity contribution in [3.63, 3.8) is 0 Å². The van der Waals surface area contributed by atoms with Crippen LogP contribution in [0.1, 0.15) is 32.1 Å². The van der Waals surface area contributed by atoms with Crippen LogP contribution in [0, 0.1) is 6.42 Å². The van der Waals surface area contributed by atoms with Crippen LogP contribution >= 0.6 is 0 Å². The van der Waals surface area contributed by atoms with Gasteiger partial charge in [0.15, 0.2) is 0 Å². The summed E-state index contributed by atoms with van der Waals surface area (Å²) in [5, 5.41) is 0. The first kappa shape index (κ1) is 9.31. The Morgan fingerprint density at radius 3 is 2.42 bits per heavy atom. The molecule has 0 unspecified atom stereocenters. The van der Waals surface area contributed by atoms with Crippen LogP contribution in [0.2, 0.25) is 0 Å². The van der Waals surface area contributed by atoms with E-state index in [1.54, 1.807) is 0 Å². The zero-order chi connectivity index (χ0) is 8.49. The highest BCUT2D eigenvalue weighted by molar-refractivity contribution is 5.02. The molecule has 0 N–H and O–H groups in total. The number of rotatable bonds is 0. The monoisotopic (exact) mass is 161 g/mol. The van der Waals surface area contributed by atoms with Crippen molar-refractivity contribution >= 4 is 0 Å². The predicted molar refractivity (Wildman–Crippen MR) is 54.8 cm³/mol. The van der Waals surface area contributed by atoms with Gasteiger partial charge in [-0.3, -0.25) is 0 Å². The average Bonchev–Trinajstić information content (AvgIpc) is 2.05. The Balaban J connectivity index is 2.30. The van der Waals surface area contributed by atoms with Gasteiger partial charge in [0.05, 0.1) is 0 Å². The Bertz CT molecular complexity index is 172. The lowest BCUT2D eigenvalue weighted by atomic mass is 10.1. The SMILES string of the molecule is [CH]1/C=C\CCC/C=C/C/C=C\C1. The molecule has 1 radical (unpaired) electrons. The van der Waals surface area contributed by atoms with E-state index in [1.807, 2.05) is 0 Å². The minimum absolute atomic E-state index is 1.07. The zero-order valence-electron chi connectivity index (χ0n) is 7.58. The normalized spacial score (nSPS) is 28.0. The summed E-state index contributed by atoms with van der Waals surface area (Å²) in [5.74, 6) is 0. The molecule has 1 rings (SSSR count). The van der Waals surface area contributed by atoms with Crippen LogP contribution in [0.15, 0.2) is 36.5 Å². The minimum Gasteiger partial charge on any atom is -0.0882 e. The molecule has 0 aromatic rings. The largest absolute Gasteiger partial charge is 0.0882 e. The average molecular weight is 161 g/mol. The lowest BCUT2D eigenvalue weighted by Gasteiger charge is -1.92. The maximum atomic E-state index is 2.28. The number of hydrogen-bond acceptors (Lipinski definition) is 0. The molecule has 0 heteroatoms. The van der Waals surface area contributed by atoms with E-state index in [-0.39, 0.29) is 0 Å². The molecule has 0 atom stereocenters. The fraction of sp³-hybridized carbons (Fsp3) is 0.417. The highest BCUT2D eigenvalue weighted by Gasteiger charge is 1.83. The second-order valence-electron chi connectivity index (χ2n) is 3.01. The van der Waals surface area contributed by atoms with Crippen molar-refractivity contribution in [2.24, 2.45) is 0 Å². The molecule has 0 fully saturated rings. The second kappa shape index (κ2) is 6.90. The van der Waals surface area contributed by atoms with Gasteiger partial charge in [0, 0.05) is 0 Å². The smallest absolute Gasteiger partial charge is 0.0133 e. The van der Waals surface area contributed by atoms with Gasteiger partial charge in [0.1, 0.15) is 0 Å². The van der Waals surface area contributed by atoms with Gasteiger partial charge in [-0.1, -0.05) is 36.5 Å². The van der Waals surface area contributed by atoms with Crippen LogP contribution in [0.25, 0.3) is 0 Å². The molecule has 65 valence electrons. The summed E-state index contributed by atoms with van der Waals surface area (Å²) >= 11 is 0. The number of allylic oxidation sites excluding steroid dienone is 6. The molecular weight excluding hydrogens is 144 g/mol. The summed E-state index contributed by atoms with van der Waals surface area (Å²) in [6.45, 7) is 0. The summed E-state index contributed by atoms with van der Waals surface area (Å²) in [7, 11) is 0. The van der Waals surface area contributed by atoms with E-state index < -0.39 is 0 Å². The van der Waals surface area contributed by atoms with Crippen molar-refractivity contribution in [2.45, 2.75) is 32.1 Å². The van der Waals surface area contributed by atoms with E-state index in [0.717, 1.165) is 12.8 Å². The molecule has 0 aromatic carbocycles. The summed E-state index contributed by atoms with van der Waals surface area (Å²) in [6, 6.07) is 0. The van der Waals surface area contributed by atoms with Crippen LogP contribution in [0.3, 0.4) is 0 Å². The standard InChI is InChI=1S/C12H17/c1-2-4-6-8-10-12-11-9-7-5-3-1/h1-3,6,8,11-12H,4-5,7,9-10H2/b3-1-,8-6-,12-11+. The minimum atomic E-state index is 1.07. The molecule has 0 saturated heterocycles. The first-order valence-electron chi connectivity index (χ1n) is 4.78. The Morgan fingerprint density at radius 2 is 1.42 bits per heavy atom. The highest BCUT2D eigenvalue weighted by Crippen LogP contribution is 2.02. The molecule has 1 aliphatic rings. The maximum Gasteiger partial charge on any atom is -0.0133 e. The van der Waals surface area contributed by atoms with Gasteiger partial charge in [0.25, 0.3) is 0 Å². The lowest BCUT2D eigenvalue weighted by molar-refractivity contribution is 0.864. The van der Waals surface area contributed by atoms with Crippen LogP contribution < -0.4 is 0 Å². The van der Waals surface area contributed by atoms with Gasteiger partial charge in [0.2, 0.25) is 0 Å². The van der Waals surface area contributed by atoms with E-state index in [4.69, 9.17) is 0 Å². The Labute approximate surface area is 75.7 Å². The number of hydrogen-bond donors (Lipinski definition) is 0. The summed E-state index contributed by atoms with van der Waals surface area (Å²) in [6.07, 6.45) is 21.5. The van der Waals surface area contributed by atoms with E-state index in [1.165, 1.54) is 19.3 Å². The Hall–Kier alpha value is -0.780. The molecular formula is C12H17. The van der Waals surface area contributed by atoms with Gasteiger partial charge in [-0.25, -0.2) is 0 Å². The molecule has 0 spiro atoms. The van der Waals surface area contributed by atoms with E-state index in [9.17, 15) is 0 Å². The molecule has 12 heavy (non-hydrogen) atoms. The third-order valence-corrected chi connectivity index (χ3v) is 1.89. The van der Waals surface area contributed by atoms with E-state index in [2.05, 4.69) is 42.9 Å². The van der Waals surface area contributed by atoms with Crippen LogP contribution in [0.5, 0.6) is 0 Å². The molecule has 0 amide bonds. The maximum absolute atomic E-state index is 2.28. The summed E-state index contributed by atoms with van der Waals surface area (Å²) < 4.78 is 0. The summed E-state index contributed by atoms with van der Waals surface area (Å²) in [5.41, 5.74) is 0. The molecule has 0 bridgehead atoms. The van der Waals surface area contributed by atoms with E-state index >= 15 is 0 Å². The first-order chi connectivity index (χ1) is 6.00. The molecule has 1 aliphatic carbocycles. The quantitative estimate of drug-likeness (QED) is 0.474.